The van der Waals surface area contributed by atoms with Gasteiger partial charge in [-0.25, -0.2) is 13.2 Å². The van der Waals surface area contributed by atoms with Gasteiger partial charge < -0.3 is 19.7 Å². The number of halogens is 2. The van der Waals surface area contributed by atoms with Crippen molar-refractivity contribution in [3.8, 4) is 11.5 Å². The number of aryl methyl sites for hydroxylation is 1. The van der Waals surface area contributed by atoms with Gasteiger partial charge in [-0.05, 0) is 43.2 Å². The van der Waals surface area contributed by atoms with Gasteiger partial charge in [0.1, 0.15) is 0 Å². The maximum Gasteiger partial charge on any atom is 0.387 e. The smallest absolute Gasteiger partial charge is 0.387 e. The number of amides is 2. The van der Waals surface area contributed by atoms with Gasteiger partial charge >= 0.3 is 12.6 Å². The summed E-state index contributed by atoms with van der Waals surface area (Å²) in [6.45, 7) is 0.242. The molecule has 1 fully saturated rings. The first-order valence-corrected chi connectivity index (χ1v) is 11.9. The van der Waals surface area contributed by atoms with Crippen molar-refractivity contribution in [3.63, 3.8) is 0 Å². The number of methoxy groups -OCH3 is 1. The molecule has 11 heteroatoms. The van der Waals surface area contributed by atoms with Crippen molar-refractivity contribution in [1.82, 2.24) is 14.5 Å². The molecule has 1 heterocycles. The fourth-order valence-corrected chi connectivity index (χ4v) is 4.97. The molecule has 2 amide bonds. The van der Waals surface area contributed by atoms with E-state index in [-0.39, 0.29) is 42.1 Å². The summed E-state index contributed by atoms with van der Waals surface area (Å²) in [7, 11) is -2.29. The van der Waals surface area contributed by atoms with Gasteiger partial charge in [0.25, 0.3) is 0 Å². The number of urea groups is 1. The topological polar surface area (TPSA) is 88.2 Å². The van der Waals surface area contributed by atoms with Crippen LogP contribution >= 0.6 is 0 Å². The number of hydrogen-bond donors (Lipinski definition) is 1. The molecular formula is C22H27F2N3O5S. The maximum absolute atomic E-state index is 12.9. The van der Waals surface area contributed by atoms with E-state index in [1.807, 2.05) is 6.92 Å². The highest BCUT2D eigenvalue weighted by atomic mass is 32.2. The third-order valence-electron chi connectivity index (χ3n) is 5.29. The molecule has 0 spiro atoms. The van der Waals surface area contributed by atoms with Gasteiger partial charge in [-0.15, -0.1) is 0 Å². The number of ether oxygens (including phenoxy) is 2. The van der Waals surface area contributed by atoms with Crippen molar-refractivity contribution in [2.45, 2.75) is 31.4 Å². The Kier molecular flexibility index (Phi) is 8.09. The van der Waals surface area contributed by atoms with Crippen LogP contribution in [0.1, 0.15) is 17.5 Å². The molecule has 3 rings (SSSR count). The predicted molar refractivity (Wildman–Crippen MR) is 118 cm³/mol. The molecule has 2 aromatic carbocycles. The summed E-state index contributed by atoms with van der Waals surface area (Å²) in [5.74, 6) is 0.0405. The van der Waals surface area contributed by atoms with Crippen LogP contribution in [-0.4, -0.2) is 63.6 Å². The molecule has 2 aromatic rings. The van der Waals surface area contributed by atoms with E-state index >= 15 is 0 Å². The third-order valence-corrected chi connectivity index (χ3v) is 7.20. The van der Waals surface area contributed by atoms with E-state index in [9.17, 15) is 22.0 Å². The summed E-state index contributed by atoms with van der Waals surface area (Å²) in [5, 5.41) is 2.77. The van der Waals surface area contributed by atoms with Gasteiger partial charge in [0.15, 0.2) is 11.5 Å². The summed E-state index contributed by atoms with van der Waals surface area (Å²) in [4.78, 5) is 14.4. The molecule has 33 heavy (non-hydrogen) atoms. The molecule has 1 saturated heterocycles. The number of sulfonamides is 1. The molecule has 0 bridgehead atoms. The van der Waals surface area contributed by atoms with E-state index in [0.717, 1.165) is 5.56 Å². The molecule has 0 atom stereocenters. The van der Waals surface area contributed by atoms with Crippen LogP contribution in [0.5, 0.6) is 11.5 Å². The molecule has 0 saturated carbocycles. The second-order valence-corrected chi connectivity index (χ2v) is 9.52. The SMILES string of the molecule is COc1cc(CNC(=O)N2CCCN(S(=O)(=O)c3ccc(C)cc3)CC2)ccc1OC(F)F. The molecule has 180 valence electrons. The number of benzene rings is 2. The van der Waals surface area contributed by atoms with Crippen molar-refractivity contribution in [1.29, 1.82) is 0 Å². The second-order valence-electron chi connectivity index (χ2n) is 7.58. The van der Waals surface area contributed by atoms with Gasteiger partial charge in [-0.1, -0.05) is 23.8 Å². The Morgan fingerprint density at radius 3 is 2.45 bits per heavy atom. The highest BCUT2D eigenvalue weighted by molar-refractivity contribution is 7.89. The largest absolute Gasteiger partial charge is 0.493 e. The Morgan fingerprint density at radius 2 is 1.79 bits per heavy atom. The molecule has 0 aliphatic carbocycles. The fraction of sp³-hybridized carbons (Fsp3) is 0.409. The third kappa shape index (κ3) is 6.32. The second kappa shape index (κ2) is 10.8. The minimum atomic E-state index is -3.63. The lowest BCUT2D eigenvalue weighted by atomic mass is 10.2. The number of hydrogen-bond acceptors (Lipinski definition) is 5. The standard InChI is InChI=1S/C22H27F2N3O5S/c1-16-4-7-18(8-5-16)33(29,30)27-11-3-10-26(12-13-27)22(28)25-15-17-6-9-19(32-21(23)24)20(14-17)31-2/h4-9,14,21H,3,10-13,15H2,1-2H3,(H,25,28). The first-order valence-electron chi connectivity index (χ1n) is 10.4. The van der Waals surface area contributed by atoms with Gasteiger partial charge in [0.2, 0.25) is 10.0 Å². The van der Waals surface area contributed by atoms with Crippen LogP contribution in [0.3, 0.4) is 0 Å². The first-order chi connectivity index (χ1) is 15.7. The molecule has 0 unspecified atom stereocenters. The van der Waals surface area contributed by atoms with E-state index in [2.05, 4.69) is 10.1 Å². The van der Waals surface area contributed by atoms with Crippen molar-refractivity contribution in [2.24, 2.45) is 0 Å². The minimum absolute atomic E-state index is 0.0926. The Bertz CT molecular complexity index is 1060. The number of nitrogens with zero attached hydrogens (tertiary/aromatic N) is 2. The Balaban J connectivity index is 1.58. The maximum atomic E-state index is 12.9. The normalized spacial score (nSPS) is 15.2. The van der Waals surface area contributed by atoms with E-state index in [4.69, 9.17) is 4.74 Å². The van der Waals surface area contributed by atoms with Crippen LogP contribution in [0.4, 0.5) is 13.6 Å². The van der Waals surface area contributed by atoms with Crippen LogP contribution in [0.2, 0.25) is 0 Å². The summed E-state index contributed by atoms with van der Waals surface area (Å²) < 4.78 is 61.7. The minimum Gasteiger partial charge on any atom is -0.493 e. The average Bonchev–Trinajstić information content (AvgIpc) is 3.05. The van der Waals surface area contributed by atoms with Gasteiger partial charge in [-0.3, -0.25) is 0 Å². The summed E-state index contributed by atoms with van der Waals surface area (Å²) >= 11 is 0. The van der Waals surface area contributed by atoms with Crippen LogP contribution in [0.15, 0.2) is 47.4 Å². The number of carbonyl (C=O) groups excluding carboxylic acids is 1. The van der Waals surface area contributed by atoms with Crippen LogP contribution in [-0.2, 0) is 16.6 Å². The Morgan fingerprint density at radius 1 is 1.06 bits per heavy atom. The molecule has 1 aliphatic heterocycles. The highest BCUT2D eigenvalue weighted by Crippen LogP contribution is 2.29. The van der Waals surface area contributed by atoms with E-state index < -0.39 is 16.6 Å². The quantitative estimate of drug-likeness (QED) is 0.654. The van der Waals surface area contributed by atoms with Gasteiger partial charge in [0.05, 0.1) is 12.0 Å². The highest BCUT2D eigenvalue weighted by Gasteiger charge is 2.28. The van der Waals surface area contributed by atoms with E-state index in [0.29, 0.717) is 25.1 Å². The van der Waals surface area contributed by atoms with Crippen molar-refractivity contribution < 1.29 is 31.5 Å². The number of carbonyl (C=O) groups is 1. The van der Waals surface area contributed by atoms with Crippen molar-refractivity contribution >= 4 is 16.1 Å². The summed E-state index contributed by atoms with van der Waals surface area (Å²) in [6, 6.07) is 10.8. The monoisotopic (exact) mass is 483 g/mol. The predicted octanol–water partition coefficient (Wildman–Crippen LogP) is 3.21. The van der Waals surface area contributed by atoms with Crippen molar-refractivity contribution in [2.75, 3.05) is 33.3 Å². The number of alkyl halides is 2. The lowest BCUT2D eigenvalue weighted by Gasteiger charge is -2.22. The fourth-order valence-electron chi connectivity index (χ4n) is 3.50. The zero-order chi connectivity index (χ0) is 24.0. The van der Waals surface area contributed by atoms with Crippen molar-refractivity contribution in [3.05, 3.63) is 53.6 Å². The molecular weight excluding hydrogens is 456 g/mol. The molecule has 0 radical (unpaired) electrons. The molecule has 0 aromatic heterocycles. The van der Waals surface area contributed by atoms with E-state index in [1.54, 1.807) is 35.2 Å². The van der Waals surface area contributed by atoms with E-state index in [1.165, 1.54) is 23.5 Å². The van der Waals surface area contributed by atoms with Crippen LogP contribution in [0, 0.1) is 6.92 Å². The average molecular weight is 484 g/mol. The zero-order valence-corrected chi connectivity index (χ0v) is 19.3. The van der Waals surface area contributed by atoms with Gasteiger partial charge in [-0.2, -0.15) is 13.1 Å². The lowest BCUT2D eigenvalue weighted by molar-refractivity contribution is -0.0512. The zero-order valence-electron chi connectivity index (χ0n) is 18.5. The Hall–Kier alpha value is -2.92. The molecule has 1 aliphatic rings. The lowest BCUT2D eigenvalue weighted by Crippen LogP contribution is -2.42. The number of rotatable bonds is 7. The van der Waals surface area contributed by atoms with Gasteiger partial charge in [0, 0.05) is 32.7 Å². The molecule has 1 N–H and O–H groups in total. The van der Waals surface area contributed by atoms with Crippen LogP contribution < -0.4 is 14.8 Å². The molecule has 8 nitrogen and oxygen atoms in total. The summed E-state index contributed by atoms with van der Waals surface area (Å²) in [6.07, 6.45) is 0.506. The first kappa shape index (κ1) is 24.7. The summed E-state index contributed by atoms with van der Waals surface area (Å²) in [5.41, 5.74) is 1.61. The Labute approximate surface area is 192 Å². The number of nitrogens with one attached hydrogen (secondary N) is 1. The van der Waals surface area contributed by atoms with Crippen LogP contribution in [0.25, 0.3) is 0 Å².